The number of benzene rings is 2. The standard InChI is InChI=1S/C26H50BP3.C6H6.ClH.Fe/c1-12-28(21(2)3)18-27(26-16-14-13-15-17-26,19-29(22(4)5)23(6)7)20-30(24(8)9)25(10)11;1-2-4-6-5-3-1;;/h12-17,21-25H,18-20H2,1-11H3;1-6H;1H;/q-2;;;+3/p-1/t28-;;;/m0.../s1. The topological polar surface area (TPSA) is 0 Å². The van der Waals surface area contributed by atoms with Gasteiger partial charge in [0.15, 0.2) is 0 Å². The molecule has 0 heterocycles. The van der Waals surface area contributed by atoms with Gasteiger partial charge in [0, 0.05) is 6.15 Å². The van der Waals surface area contributed by atoms with Crippen molar-refractivity contribution in [3.63, 3.8) is 0 Å². The van der Waals surface area contributed by atoms with Gasteiger partial charge < -0.3 is 26.5 Å². The molecule has 2 rings (SSSR count). The molecule has 0 aromatic heterocycles. The molecule has 0 aliphatic rings. The molecule has 0 fully saturated rings. The maximum absolute atomic E-state index is 2.58. The molecule has 6 heteroatoms. The molecule has 0 aliphatic heterocycles. The summed E-state index contributed by atoms with van der Waals surface area (Å²) in [6.07, 6.45) is 2.02. The third kappa shape index (κ3) is 14.0. The van der Waals surface area contributed by atoms with Crippen molar-refractivity contribution in [1.29, 1.82) is 0 Å². The Hall–Kier alpha value is 0.604. The average Bonchev–Trinajstić information content (AvgIpc) is 2.84. The summed E-state index contributed by atoms with van der Waals surface area (Å²) < 4.78 is 0. The summed E-state index contributed by atoms with van der Waals surface area (Å²) in [5.74, 6) is 0. The summed E-state index contributed by atoms with van der Waals surface area (Å²) in [6, 6.07) is 28.2. The predicted molar refractivity (Wildman–Crippen MR) is 179 cm³/mol. The van der Waals surface area contributed by atoms with E-state index in [-0.39, 0.29) is 53.2 Å². The summed E-state index contributed by atoms with van der Waals surface area (Å²) in [5, 5.41) is 0. The van der Waals surface area contributed by atoms with Crippen LogP contribution >= 0.6 is 23.8 Å². The minimum Gasteiger partial charge on any atom is -1.00 e. The number of rotatable bonds is 13. The van der Waals surface area contributed by atoms with Gasteiger partial charge >= 0.3 is 17.1 Å². The molecule has 2 aromatic rings. The number of halogens is 1. The molecular formula is C32H56BClFeP3. The average molecular weight is 636 g/mol. The second-order valence-corrected chi connectivity index (χ2v) is 21.7. The molecule has 1 radical (unpaired) electrons. The van der Waals surface area contributed by atoms with Crippen LogP contribution in [0.4, 0.5) is 0 Å². The maximum Gasteiger partial charge on any atom is 3.00 e. The Morgan fingerprint density at radius 3 is 1.13 bits per heavy atom. The van der Waals surface area contributed by atoms with Crippen molar-refractivity contribution in [1.82, 2.24) is 0 Å². The second-order valence-electron chi connectivity index (χ2n) is 11.9. The Bertz CT molecular complexity index is 738. The first-order valence-electron chi connectivity index (χ1n) is 14.3. The minimum absolute atomic E-state index is 0. The van der Waals surface area contributed by atoms with Crippen molar-refractivity contribution >= 4 is 35.4 Å². The van der Waals surface area contributed by atoms with Gasteiger partial charge in [0.05, 0.1) is 0 Å². The van der Waals surface area contributed by atoms with Crippen LogP contribution in [-0.4, -0.2) is 52.6 Å². The third-order valence-corrected chi connectivity index (χ3v) is 18.2. The monoisotopic (exact) mass is 635 g/mol. The van der Waals surface area contributed by atoms with Crippen LogP contribution < -0.4 is 17.9 Å². The van der Waals surface area contributed by atoms with E-state index < -0.39 is 6.15 Å². The van der Waals surface area contributed by atoms with Gasteiger partial charge in [0.1, 0.15) is 0 Å². The minimum atomic E-state index is -0.560. The van der Waals surface area contributed by atoms with Crippen LogP contribution in [0.2, 0.25) is 0 Å². The van der Waals surface area contributed by atoms with Gasteiger partial charge in [-0.2, -0.15) is 25.1 Å². The van der Waals surface area contributed by atoms with Crippen molar-refractivity contribution in [3.8, 4) is 0 Å². The SMILES string of the molecule is C[CH-][P@@](C[B-](CP(C(C)C)C(C)C)(CP(C(C)C)C(C)C)c1ccccc1)C(C)C.[Cl-].[Fe+3].c1ccccc1. The van der Waals surface area contributed by atoms with Crippen molar-refractivity contribution in [2.45, 2.75) is 104 Å². The summed E-state index contributed by atoms with van der Waals surface area (Å²) in [4.78, 5) is 0. The van der Waals surface area contributed by atoms with Crippen LogP contribution in [0.15, 0.2) is 66.7 Å². The molecule has 2 aromatic carbocycles. The zero-order valence-electron chi connectivity index (χ0n) is 26.1. The Labute approximate surface area is 259 Å². The van der Waals surface area contributed by atoms with Crippen molar-refractivity contribution in [2.24, 2.45) is 0 Å². The van der Waals surface area contributed by atoms with E-state index in [1.54, 1.807) is 5.46 Å². The molecule has 0 N–H and O–H groups in total. The van der Waals surface area contributed by atoms with Gasteiger partial charge in [-0.3, -0.25) is 0 Å². The fourth-order valence-electron chi connectivity index (χ4n) is 5.60. The predicted octanol–water partition coefficient (Wildman–Crippen LogP) is 7.32. The fraction of sp³-hybridized carbons (Fsp3) is 0.594. The molecule has 0 amide bonds. The van der Waals surface area contributed by atoms with E-state index in [2.05, 4.69) is 113 Å². The summed E-state index contributed by atoms with van der Waals surface area (Å²) >= 11 is 0. The molecule has 0 saturated heterocycles. The molecule has 217 valence electrons. The van der Waals surface area contributed by atoms with E-state index in [1.165, 1.54) is 18.2 Å². The van der Waals surface area contributed by atoms with E-state index in [1.807, 2.05) is 36.4 Å². The van der Waals surface area contributed by atoms with Gasteiger partial charge in [-0.15, -0.1) is 15.8 Å². The van der Waals surface area contributed by atoms with E-state index in [0.717, 1.165) is 28.3 Å². The Kier molecular flexibility index (Phi) is 22.9. The third-order valence-electron chi connectivity index (χ3n) is 7.50. The molecule has 0 saturated carbocycles. The van der Waals surface area contributed by atoms with Crippen LogP contribution in [0.25, 0.3) is 0 Å². The van der Waals surface area contributed by atoms with Gasteiger partial charge in [0.2, 0.25) is 0 Å². The smallest absolute Gasteiger partial charge is 1.00 e. The fourth-order valence-corrected chi connectivity index (χ4v) is 15.3. The summed E-state index contributed by atoms with van der Waals surface area (Å²) in [5.41, 5.74) is 5.71. The molecule has 0 nitrogen and oxygen atoms in total. The Morgan fingerprint density at radius 1 is 0.553 bits per heavy atom. The van der Waals surface area contributed by atoms with Crippen LogP contribution in [-0.2, 0) is 17.1 Å². The Balaban J connectivity index is 0. The van der Waals surface area contributed by atoms with Crippen molar-refractivity contribution in [2.75, 3.05) is 18.2 Å². The molecule has 0 unspecified atom stereocenters. The van der Waals surface area contributed by atoms with Gasteiger partial charge in [-0.05, 0) is 22.6 Å². The van der Waals surface area contributed by atoms with E-state index in [0.29, 0.717) is 0 Å². The zero-order valence-corrected chi connectivity index (χ0v) is 30.6. The van der Waals surface area contributed by atoms with Gasteiger partial charge in [0.25, 0.3) is 0 Å². The molecule has 38 heavy (non-hydrogen) atoms. The summed E-state index contributed by atoms with van der Waals surface area (Å²) in [6.45, 7) is 27.2. The normalized spacial score (nSPS) is 12.6. The Morgan fingerprint density at radius 2 is 0.868 bits per heavy atom. The number of hydrogen-bond acceptors (Lipinski definition) is 0. The molecule has 0 aliphatic carbocycles. The quantitative estimate of drug-likeness (QED) is 0.123. The summed E-state index contributed by atoms with van der Waals surface area (Å²) in [7, 11) is -0.00302. The van der Waals surface area contributed by atoms with Crippen molar-refractivity contribution < 1.29 is 29.5 Å². The van der Waals surface area contributed by atoms with Crippen LogP contribution in [0.5, 0.6) is 0 Å². The first-order chi connectivity index (χ1) is 16.9. The van der Waals surface area contributed by atoms with E-state index in [9.17, 15) is 0 Å². The zero-order chi connectivity index (χ0) is 27.3. The maximum atomic E-state index is 2.58. The van der Waals surface area contributed by atoms with Crippen molar-refractivity contribution in [3.05, 3.63) is 72.9 Å². The molecule has 0 bridgehead atoms. The van der Waals surface area contributed by atoms with Crippen LogP contribution in [0.1, 0.15) is 76.2 Å². The first kappa shape index (κ1) is 40.7. The van der Waals surface area contributed by atoms with Crippen LogP contribution in [0, 0.1) is 6.16 Å². The first-order valence-corrected chi connectivity index (χ1v) is 19.3. The van der Waals surface area contributed by atoms with Crippen LogP contribution in [0.3, 0.4) is 0 Å². The number of hydrogen-bond donors (Lipinski definition) is 0. The second kappa shape index (κ2) is 21.3. The largest absolute Gasteiger partial charge is 3.00 e. The van der Waals surface area contributed by atoms with E-state index in [4.69, 9.17) is 0 Å². The molecular weight excluding hydrogens is 579 g/mol. The molecule has 0 spiro atoms. The van der Waals surface area contributed by atoms with Gasteiger partial charge in [-0.1, -0.05) is 142 Å². The van der Waals surface area contributed by atoms with Gasteiger partial charge in [-0.25, -0.2) is 5.46 Å². The van der Waals surface area contributed by atoms with E-state index >= 15 is 0 Å². The molecule has 1 atom stereocenters.